The van der Waals surface area contributed by atoms with Crippen molar-refractivity contribution >= 4 is 65.0 Å². The van der Waals surface area contributed by atoms with E-state index < -0.39 is 122 Å². The Balaban J connectivity index is 1.19. The van der Waals surface area contributed by atoms with E-state index in [2.05, 4.69) is 37.6 Å². The van der Waals surface area contributed by atoms with Crippen molar-refractivity contribution in [2.45, 2.75) is 97.1 Å². The van der Waals surface area contributed by atoms with Crippen molar-refractivity contribution in [3.63, 3.8) is 0 Å². The Morgan fingerprint density at radius 1 is 0.559 bits per heavy atom. The lowest BCUT2D eigenvalue weighted by atomic mass is 9.90. The molecular formula is C62H88N12O19. The highest BCUT2D eigenvalue weighted by atomic mass is 16.4. The number of aromatic nitrogens is 3. The van der Waals surface area contributed by atoms with Gasteiger partial charge in [0, 0.05) is 160 Å². The molecule has 31 heteroatoms. The van der Waals surface area contributed by atoms with Crippen LogP contribution in [-0.2, 0) is 54.5 Å². The smallest absolute Gasteiger partial charge is 0.317 e. The zero-order valence-corrected chi connectivity index (χ0v) is 52.9. The van der Waals surface area contributed by atoms with Gasteiger partial charge < -0.3 is 61.7 Å². The number of Topliss-reactive ketones (excluding diaryl/α,β-unsaturated/α-hetero) is 2. The van der Waals surface area contributed by atoms with E-state index in [1.807, 2.05) is 26.0 Å². The lowest BCUT2D eigenvalue weighted by Crippen LogP contribution is -2.49. The molecule has 3 atom stereocenters. The van der Waals surface area contributed by atoms with Crippen molar-refractivity contribution in [1.82, 2.24) is 60.1 Å². The zero-order chi connectivity index (χ0) is 68.5. The molecule has 2 aliphatic heterocycles. The number of aliphatic carboxylic acids is 5. The highest BCUT2D eigenvalue weighted by molar-refractivity contribution is 5.95. The molecule has 3 heterocycles. The van der Waals surface area contributed by atoms with Crippen molar-refractivity contribution in [1.29, 1.82) is 0 Å². The Morgan fingerprint density at radius 2 is 1.06 bits per heavy atom. The van der Waals surface area contributed by atoms with Gasteiger partial charge in [-0.05, 0) is 61.4 Å². The maximum atomic E-state index is 14.1. The summed E-state index contributed by atoms with van der Waals surface area (Å²) in [7, 11) is 0. The van der Waals surface area contributed by atoms with E-state index in [-0.39, 0.29) is 144 Å². The van der Waals surface area contributed by atoms with Crippen LogP contribution in [0.3, 0.4) is 0 Å². The van der Waals surface area contributed by atoms with Crippen LogP contribution >= 0.6 is 0 Å². The second-order valence-corrected chi connectivity index (χ2v) is 23.6. The zero-order valence-electron chi connectivity index (χ0n) is 52.9. The van der Waals surface area contributed by atoms with Crippen molar-refractivity contribution in [3.8, 4) is 28.6 Å². The number of carboxylic acids is 5. The Kier molecular flexibility index (Phi) is 29.7. The molecule has 0 aliphatic carbocycles. The normalized spacial score (nSPS) is 16.0. The summed E-state index contributed by atoms with van der Waals surface area (Å²) in [6.45, 7) is 11.8. The van der Waals surface area contributed by atoms with E-state index in [9.17, 15) is 93.6 Å². The van der Waals surface area contributed by atoms with Gasteiger partial charge in [0.2, 0.25) is 23.5 Å². The van der Waals surface area contributed by atoms with Gasteiger partial charge in [0.15, 0.2) is 11.6 Å². The molecule has 0 radical (unpaired) electrons. The molecule has 0 saturated carbocycles. The number of carboxylic acid groups (broad SMARTS) is 5. The topological polar surface area (TPSA) is 436 Å². The van der Waals surface area contributed by atoms with Crippen LogP contribution in [0.5, 0.6) is 11.5 Å². The number of nitrogens with one attached hydrogen (secondary N) is 3. The largest absolute Gasteiger partial charge is 0.512 e. The van der Waals surface area contributed by atoms with Gasteiger partial charge in [0.05, 0.1) is 43.5 Å². The van der Waals surface area contributed by atoms with Crippen LogP contribution in [0.4, 0.5) is 0 Å². The van der Waals surface area contributed by atoms with E-state index in [1.165, 1.54) is 10.6 Å². The summed E-state index contributed by atoms with van der Waals surface area (Å²) in [5, 5.41) is 95.7. The summed E-state index contributed by atoms with van der Waals surface area (Å²) in [5.41, 5.74) is 2.26. The Morgan fingerprint density at radius 3 is 1.57 bits per heavy atom. The predicted molar refractivity (Wildman–Crippen MR) is 333 cm³/mol. The average molecular weight is 1310 g/mol. The number of phenols is 2. The van der Waals surface area contributed by atoms with E-state index in [0.717, 1.165) is 5.56 Å². The van der Waals surface area contributed by atoms with Crippen LogP contribution in [0.25, 0.3) is 17.1 Å². The summed E-state index contributed by atoms with van der Waals surface area (Å²) >= 11 is 0. The minimum Gasteiger partial charge on any atom is -0.512 e. The summed E-state index contributed by atoms with van der Waals surface area (Å²) in [5.74, 6) is -13.3. The number of nitrogens with zero attached hydrogens (tertiary/aromatic N) is 9. The highest BCUT2D eigenvalue weighted by Gasteiger charge is 2.33. The molecule has 0 spiro atoms. The van der Waals surface area contributed by atoms with Crippen molar-refractivity contribution in [2.24, 2.45) is 11.8 Å². The Bertz CT molecular complexity index is 3100. The fraction of sp³-hybridized carbons (Fsp3) is 0.565. The first-order chi connectivity index (χ1) is 44.1. The molecule has 2 fully saturated rings. The number of benzene rings is 2. The maximum absolute atomic E-state index is 14.1. The standard InChI is InChI=1S/C62H88N12O19/c1-5-63-62(93)59-67-66-58(47-32-46(39(2)3)49(77)33-50(47)78)74(59)44-10-6-41(7-11-44)35-69-26-28-73(29-27-69)52(80)16-17-64-60(91)43(9-14-54(83)84)31-51(79)48(12-15-55(85)86)65-61(92)42(8-13-53(81)82)30-45(76)36-70-20-24-71(37-56(87)88)22-18-68(34-40(4)75)19-23-72(25-21-70)38-57(89)90/h6-7,10-11,32-33,39,42-43,48,75,77-78H,4-5,8-9,12-31,34-38H2,1-3H3,(H,63,93)(H,64,91)(H,65,92)(H,81,82)(H,83,84)(H,85,86)(H,87,88)(H,89,90)/t42-,43-,48+/m0/s1. The van der Waals surface area contributed by atoms with Crippen molar-refractivity contribution in [3.05, 3.63) is 65.7 Å². The highest BCUT2D eigenvalue weighted by Crippen LogP contribution is 2.38. The first-order valence-corrected chi connectivity index (χ1v) is 31.0. The third-order valence-electron chi connectivity index (χ3n) is 16.1. The lowest BCUT2D eigenvalue weighted by molar-refractivity contribution is -0.140. The number of rotatable bonds is 35. The number of aromatic hydroxyl groups is 2. The Hall–Kier alpha value is -8.91. The maximum Gasteiger partial charge on any atom is 0.317 e. The number of hydrogen-bond acceptors (Lipinski definition) is 21. The number of phenolic OH excluding ortho intramolecular Hbond substituents is 2. The number of carbonyl (C=O) groups is 11. The van der Waals surface area contributed by atoms with Gasteiger partial charge in [-0.1, -0.05) is 32.6 Å². The number of aliphatic hydroxyl groups is 1. The fourth-order valence-corrected chi connectivity index (χ4v) is 11.0. The fourth-order valence-electron chi connectivity index (χ4n) is 11.0. The molecule has 3 aromatic rings. The van der Waals surface area contributed by atoms with Gasteiger partial charge in [-0.2, -0.15) is 0 Å². The third-order valence-corrected chi connectivity index (χ3v) is 16.1. The van der Waals surface area contributed by atoms with Gasteiger partial charge in [0.25, 0.3) is 5.91 Å². The first-order valence-electron chi connectivity index (χ1n) is 31.0. The van der Waals surface area contributed by atoms with Crippen LogP contribution < -0.4 is 16.0 Å². The van der Waals surface area contributed by atoms with E-state index >= 15 is 0 Å². The van der Waals surface area contributed by atoms with Gasteiger partial charge in [-0.15, -0.1) is 10.2 Å². The van der Waals surface area contributed by atoms with Crippen LogP contribution in [-0.4, -0.2) is 274 Å². The lowest BCUT2D eigenvalue weighted by Gasteiger charge is -2.35. The second-order valence-electron chi connectivity index (χ2n) is 23.6. The van der Waals surface area contributed by atoms with Crippen molar-refractivity contribution in [2.75, 3.05) is 118 Å². The number of hydrogen-bond donors (Lipinski definition) is 11. The van der Waals surface area contributed by atoms with Crippen LogP contribution in [0.15, 0.2) is 48.7 Å². The van der Waals surface area contributed by atoms with E-state index in [0.29, 0.717) is 50.5 Å². The summed E-state index contributed by atoms with van der Waals surface area (Å²) in [6, 6.07) is 8.57. The van der Waals surface area contributed by atoms with Crippen LogP contribution in [0.2, 0.25) is 0 Å². The van der Waals surface area contributed by atoms with Crippen molar-refractivity contribution < 1.29 is 93.6 Å². The first kappa shape index (κ1) is 74.8. The molecule has 11 N–H and O–H groups in total. The Labute approximate surface area is 538 Å². The molecular weight excluding hydrogens is 1220 g/mol. The quantitative estimate of drug-likeness (QED) is 0.0367. The van der Waals surface area contributed by atoms with E-state index in [4.69, 9.17) is 0 Å². The molecule has 2 saturated heterocycles. The van der Waals surface area contributed by atoms with Crippen LogP contribution in [0, 0.1) is 11.8 Å². The molecule has 31 nitrogen and oxygen atoms in total. The monoisotopic (exact) mass is 1300 g/mol. The van der Waals surface area contributed by atoms with Gasteiger partial charge >= 0.3 is 29.8 Å². The minimum atomic E-state index is -1.59. The van der Waals surface area contributed by atoms with Gasteiger partial charge in [-0.25, -0.2) is 0 Å². The number of ketones is 2. The second kappa shape index (κ2) is 37.0. The van der Waals surface area contributed by atoms with Gasteiger partial charge in [0.1, 0.15) is 17.3 Å². The van der Waals surface area contributed by atoms with Crippen LogP contribution in [0.1, 0.15) is 106 Å². The molecule has 510 valence electrons. The molecule has 93 heavy (non-hydrogen) atoms. The molecule has 1 aromatic heterocycles. The molecule has 0 bridgehead atoms. The molecule has 4 amide bonds. The summed E-state index contributed by atoms with van der Waals surface area (Å²) in [6.07, 6.45) is -4.47. The number of aliphatic hydroxyl groups excluding tert-OH is 1. The van der Waals surface area contributed by atoms with E-state index in [1.54, 1.807) is 49.6 Å². The minimum absolute atomic E-state index is 0.0187. The summed E-state index contributed by atoms with van der Waals surface area (Å²) in [4.78, 5) is 152. The third kappa shape index (κ3) is 24.9. The molecule has 0 unspecified atom stereocenters. The molecule has 5 rings (SSSR count). The summed E-state index contributed by atoms with van der Waals surface area (Å²) < 4.78 is 1.53. The average Bonchev–Trinajstić information content (AvgIpc) is 1.68. The number of piperazine rings is 1. The number of carbonyl (C=O) groups excluding carboxylic acids is 6. The van der Waals surface area contributed by atoms with Gasteiger partial charge in [-0.3, -0.25) is 81.8 Å². The predicted octanol–water partition coefficient (Wildman–Crippen LogP) is 1.06. The SMILES string of the molecule is C=C(O)CN1CCN(CC(=O)O)CCN(CC(=O)C[C@H](CCC(=O)O)C(=O)N[C@H](CCC(=O)O)C(=O)C[C@H](CCC(=O)O)C(=O)NCCC(=O)N2CCN(Cc3ccc(-n4c(C(=O)NCC)nnc4-c4cc(C(C)C)c(O)cc4O)cc3)CC2)CCN(CC(=O)O)CC1. The molecule has 2 aromatic carbocycles. The molecule has 2 aliphatic rings. The number of amides is 4.